The van der Waals surface area contributed by atoms with Gasteiger partial charge in [0.25, 0.3) is 0 Å². The van der Waals surface area contributed by atoms with Gasteiger partial charge >= 0.3 is 0 Å². The number of methoxy groups -OCH3 is 1. The van der Waals surface area contributed by atoms with Crippen molar-refractivity contribution in [1.29, 1.82) is 0 Å². The van der Waals surface area contributed by atoms with E-state index in [9.17, 15) is 4.79 Å². The summed E-state index contributed by atoms with van der Waals surface area (Å²) in [7, 11) is 1.56. The van der Waals surface area contributed by atoms with Gasteiger partial charge in [0.2, 0.25) is 5.91 Å². The lowest BCUT2D eigenvalue weighted by molar-refractivity contribution is -0.124. The molecule has 1 saturated carbocycles. The van der Waals surface area contributed by atoms with E-state index < -0.39 is 6.04 Å². The predicted molar refractivity (Wildman–Crippen MR) is 79.3 cm³/mol. The Morgan fingerprint density at radius 3 is 2.85 bits per heavy atom. The van der Waals surface area contributed by atoms with E-state index >= 15 is 0 Å². The molecular formula is C16H24N2O2. The zero-order valence-corrected chi connectivity index (χ0v) is 12.0. The van der Waals surface area contributed by atoms with E-state index in [4.69, 9.17) is 10.5 Å². The molecule has 1 amide bonds. The van der Waals surface area contributed by atoms with Gasteiger partial charge in [-0.3, -0.25) is 4.79 Å². The maximum atomic E-state index is 12.0. The predicted octanol–water partition coefficient (Wildman–Crippen LogP) is 1.49. The zero-order valence-electron chi connectivity index (χ0n) is 12.0. The third-order valence-electron chi connectivity index (χ3n) is 4.01. The number of hydrogen-bond acceptors (Lipinski definition) is 3. The van der Waals surface area contributed by atoms with E-state index in [2.05, 4.69) is 29.6 Å². The van der Waals surface area contributed by atoms with Gasteiger partial charge in [0.05, 0.1) is 6.61 Å². The highest BCUT2D eigenvalue weighted by Crippen LogP contribution is 2.28. The van der Waals surface area contributed by atoms with Crippen molar-refractivity contribution in [2.75, 3.05) is 13.7 Å². The average Bonchev–Trinajstić information content (AvgIpc) is 2.87. The van der Waals surface area contributed by atoms with Crippen LogP contribution in [0.3, 0.4) is 0 Å². The number of nitrogens with one attached hydrogen (secondary N) is 1. The van der Waals surface area contributed by atoms with Gasteiger partial charge in [-0.2, -0.15) is 0 Å². The second kappa shape index (κ2) is 7.41. The number of benzene rings is 1. The maximum Gasteiger partial charge on any atom is 0.239 e. The minimum atomic E-state index is -0.571. The van der Waals surface area contributed by atoms with Crippen molar-refractivity contribution in [3.8, 4) is 0 Å². The first-order valence-corrected chi connectivity index (χ1v) is 7.29. The largest absolute Gasteiger partial charge is 0.383 e. The van der Waals surface area contributed by atoms with Crippen LogP contribution in [-0.4, -0.2) is 31.7 Å². The van der Waals surface area contributed by atoms with Crippen LogP contribution in [0.25, 0.3) is 0 Å². The summed E-state index contributed by atoms with van der Waals surface area (Å²) < 4.78 is 4.93. The lowest BCUT2D eigenvalue weighted by Gasteiger charge is -2.23. The van der Waals surface area contributed by atoms with Gasteiger partial charge in [0.15, 0.2) is 0 Å². The number of ether oxygens (including phenoxy) is 1. The first-order chi connectivity index (χ1) is 9.70. The van der Waals surface area contributed by atoms with Crippen molar-refractivity contribution in [2.45, 2.75) is 37.8 Å². The molecule has 0 spiro atoms. The van der Waals surface area contributed by atoms with Crippen LogP contribution < -0.4 is 11.1 Å². The minimum absolute atomic E-state index is 0.100. The lowest BCUT2D eigenvalue weighted by atomic mass is 9.94. The summed E-state index contributed by atoms with van der Waals surface area (Å²) in [6.45, 7) is 0.266. The van der Waals surface area contributed by atoms with Gasteiger partial charge < -0.3 is 15.8 Å². The molecule has 4 nitrogen and oxygen atoms in total. The van der Waals surface area contributed by atoms with Crippen LogP contribution >= 0.6 is 0 Å². The van der Waals surface area contributed by atoms with Crippen molar-refractivity contribution < 1.29 is 9.53 Å². The molecule has 1 aromatic rings. The van der Waals surface area contributed by atoms with E-state index in [1.54, 1.807) is 7.11 Å². The maximum absolute atomic E-state index is 12.0. The van der Waals surface area contributed by atoms with E-state index in [1.807, 2.05) is 6.07 Å². The molecule has 0 radical (unpaired) electrons. The molecular weight excluding hydrogens is 252 g/mol. The summed E-state index contributed by atoms with van der Waals surface area (Å²) >= 11 is 0. The van der Waals surface area contributed by atoms with E-state index in [-0.39, 0.29) is 18.6 Å². The molecule has 3 atom stereocenters. The Hall–Kier alpha value is -1.39. The summed E-state index contributed by atoms with van der Waals surface area (Å²) in [6, 6.07) is 10.1. The second-order valence-electron chi connectivity index (χ2n) is 5.56. The highest BCUT2D eigenvalue weighted by atomic mass is 16.5. The average molecular weight is 276 g/mol. The highest BCUT2D eigenvalue weighted by molar-refractivity contribution is 5.81. The number of carbonyl (C=O) groups excluding carboxylic acids is 1. The molecule has 0 aliphatic heterocycles. The third-order valence-corrected chi connectivity index (χ3v) is 4.01. The fourth-order valence-electron chi connectivity index (χ4n) is 2.93. The Balaban J connectivity index is 1.89. The Bertz CT molecular complexity index is 422. The van der Waals surface area contributed by atoms with Gasteiger partial charge in [-0.25, -0.2) is 0 Å². The van der Waals surface area contributed by atoms with Crippen molar-refractivity contribution >= 4 is 5.91 Å². The molecule has 1 aliphatic carbocycles. The standard InChI is InChI=1S/C16H24N2O2/c1-20-11-14(17)16(19)18-15-9-5-8-13(15)10-12-6-3-2-4-7-12/h2-4,6-7,13-15H,5,8-11,17H2,1H3,(H,18,19). The monoisotopic (exact) mass is 276 g/mol. The van der Waals surface area contributed by atoms with Crippen molar-refractivity contribution in [2.24, 2.45) is 11.7 Å². The van der Waals surface area contributed by atoms with Crippen LogP contribution in [0.4, 0.5) is 0 Å². The molecule has 4 heteroatoms. The van der Waals surface area contributed by atoms with Gasteiger partial charge in [-0.1, -0.05) is 36.8 Å². The van der Waals surface area contributed by atoms with Gasteiger partial charge in [-0.15, -0.1) is 0 Å². The lowest BCUT2D eigenvalue weighted by Crippen LogP contribution is -2.48. The first kappa shape index (κ1) is 15.0. The fourth-order valence-corrected chi connectivity index (χ4v) is 2.93. The molecule has 0 aromatic heterocycles. The molecule has 1 fully saturated rings. The number of nitrogens with two attached hydrogens (primary N) is 1. The van der Waals surface area contributed by atoms with Crippen molar-refractivity contribution in [3.63, 3.8) is 0 Å². The molecule has 2 rings (SSSR count). The Labute approximate surface area is 120 Å². The molecule has 110 valence electrons. The fraction of sp³-hybridized carbons (Fsp3) is 0.562. The summed E-state index contributed by atoms with van der Waals surface area (Å²) in [5.41, 5.74) is 7.10. The smallest absolute Gasteiger partial charge is 0.239 e. The van der Waals surface area contributed by atoms with E-state index in [0.29, 0.717) is 5.92 Å². The van der Waals surface area contributed by atoms with E-state index in [1.165, 1.54) is 18.4 Å². The van der Waals surface area contributed by atoms with E-state index in [0.717, 1.165) is 12.8 Å². The molecule has 3 N–H and O–H groups in total. The number of rotatable bonds is 6. The Morgan fingerprint density at radius 1 is 1.40 bits per heavy atom. The Kier molecular flexibility index (Phi) is 5.56. The van der Waals surface area contributed by atoms with Crippen LogP contribution in [-0.2, 0) is 16.0 Å². The Morgan fingerprint density at radius 2 is 2.15 bits per heavy atom. The normalized spacial score (nSPS) is 23.5. The second-order valence-corrected chi connectivity index (χ2v) is 5.56. The quantitative estimate of drug-likeness (QED) is 0.827. The molecule has 1 aliphatic rings. The number of carbonyl (C=O) groups is 1. The minimum Gasteiger partial charge on any atom is -0.383 e. The molecule has 0 bridgehead atoms. The van der Waals surface area contributed by atoms with Crippen LogP contribution in [0.2, 0.25) is 0 Å². The van der Waals surface area contributed by atoms with Gasteiger partial charge in [-0.05, 0) is 30.7 Å². The molecule has 20 heavy (non-hydrogen) atoms. The molecule has 0 saturated heterocycles. The SMILES string of the molecule is COCC(N)C(=O)NC1CCCC1Cc1ccccc1. The summed E-state index contributed by atoms with van der Waals surface area (Å²) in [5, 5.41) is 3.09. The number of hydrogen-bond donors (Lipinski definition) is 2. The third kappa shape index (κ3) is 4.05. The molecule has 1 aromatic carbocycles. The van der Waals surface area contributed by atoms with Crippen molar-refractivity contribution in [1.82, 2.24) is 5.32 Å². The van der Waals surface area contributed by atoms with Crippen LogP contribution in [0.15, 0.2) is 30.3 Å². The summed E-state index contributed by atoms with van der Waals surface area (Å²) in [4.78, 5) is 12.0. The van der Waals surface area contributed by atoms with Gasteiger partial charge in [0, 0.05) is 13.2 Å². The zero-order chi connectivity index (χ0) is 14.4. The first-order valence-electron chi connectivity index (χ1n) is 7.29. The molecule has 0 heterocycles. The van der Waals surface area contributed by atoms with Crippen LogP contribution in [0.1, 0.15) is 24.8 Å². The van der Waals surface area contributed by atoms with Crippen LogP contribution in [0.5, 0.6) is 0 Å². The molecule has 3 unspecified atom stereocenters. The summed E-state index contributed by atoms with van der Waals surface area (Å²) in [6.07, 6.45) is 4.40. The van der Waals surface area contributed by atoms with Crippen LogP contribution in [0, 0.1) is 5.92 Å². The number of amides is 1. The summed E-state index contributed by atoms with van der Waals surface area (Å²) in [5.74, 6) is 0.410. The topological polar surface area (TPSA) is 64.3 Å². The highest BCUT2D eigenvalue weighted by Gasteiger charge is 2.29. The van der Waals surface area contributed by atoms with Crippen molar-refractivity contribution in [3.05, 3.63) is 35.9 Å². The van der Waals surface area contributed by atoms with Gasteiger partial charge in [0.1, 0.15) is 6.04 Å².